The molecule has 0 bridgehead atoms. The molecule has 1 aromatic rings. The molecule has 0 radical (unpaired) electrons. The first-order chi connectivity index (χ1) is 5.25. The molecule has 0 fully saturated rings. The average Bonchev–Trinajstić information content (AvgIpc) is 1.99. The van der Waals surface area contributed by atoms with E-state index in [4.69, 9.17) is 0 Å². The number of rotatable bonds is 1. The molecule has 1 unspecified atom stereocenters. The van der Waals surface area contributed by atoms with Gasteiger partial charge in [-0.05, 0) is 27.9 Å². The highest BCUT2D eigenvalue weighted by molar-refractivity contribution is 7.15. The zero-order valence-electron chi connectivity index (χ0n) is 6.28. The quantitative estimate of drug-likeness (QED) is 0.503. The highest BCUT2D eigenvalue weighted by atomic mass is 31.0. The predicted molar refractivity (Wildman–Crippen MR) is 50.1 cm³/mol. The molecule has 0 aliphatic carbocycles. The van der Waals surface area contributed by atoms with Gasteiger partial charge in [-0.3, -0.25) is 4.76 Å². The van der Waals surface area contributed by atoms with Crippen LogP contribution in [0.5, 0.6) is 5.75 Å². The van der Waals surface area contributed by atoms with Crippen molar-refractivity contribution < 1.29 is 5.11 Å². The molecule has 0 amide bonds. The van der Waals surface area contributed by atoms with Crippen molar-refractivity contribution in [3.8, 4) is 5.75 Å². The lowest BCUT2D eigenvalue weighted by Gasteiger charge is -2.00. The number of phenolic OH excluding ortho intramolecular Hbond substituents is 1. The van der Waals surface area contributed by atoms with E-state index in [1.165, 1.54) is 0 Å². The summed E-state index contributed by atoms with van der Waals surface area (Å²) in [6.45, 7) is 1.86. The van der Waals surface area contributed by atoms with Crippen LogP contribution in [0.15, 0.2) is 23.0 Å². The summed E-state index contributed by atoms with van der Waals surface area (Å²) in [7, 11) is 2.22. The molecule has 0 saturated carbocycles. The van der Waals surface area contributed by atoms with Crippen LogP contribution in [-0.2, 0) is 0 Å². The maximum Gasteiger partial charge on any atom is 0.127 e. The molecule has 0 saturated heterocycles. The Bertz CT molecular complexity index is 283. The molecule has 58 valence electrons. The third-order valence-corrected chi connectivity index (χ3v) is 1.63. The molecule has 1 N–H and O–H groups in total. The minimum atomic E-state index is 0.304. The summed E-state index contributed by atoms with van der Waals surface area (Å²) >= 11 is 0. The van der Waals surface area contributed by atoms with E-state index in [-0.39, 0.29) is 0 Å². The summed E-state index contributed by atoms with van der Waals surface area (Å²) in [5.41, 5.74) is 1.62. The normalized spacial score (nSPS) is 10.7. The standard InChI is InChI=1S/C8H10NOP/c1-6-3-2-4-7(5-9-11)8(6)10/h2-5,10H,11H2,1H3/b9-5+. The number of hydrogen-bond acceptors (Lipinski definition) is 2. The minimum absolute atomic E-state index is 0.304. The number of benzene rings is 1. The Morgan fingerprint density at radius 1 is 1.55 bits per heavy atom. The Kier molecular flexibility index (Phi) is 2.61. The van der Waals surface area contributed by atoms with Crippen LogP contribution >= 0.6 is 9.39 Å². The number of hydrogen-bond donors (Lipinski definition) is 1. The van der Waals surface area contributed by atoms with Gasteiger partial charge in [0.2, 0.25) is 0 Å². The molecule has 2 nitrogen and oxygen atoms in total. The Morgan fingerprint density at radius 3 is 2.91 bits per heavy atom. The lowest BCUT2D eigenvalue weighted by molar-refractivity contribution is 0.470. The van der Waals surface area contributed by atoms with E-state index >= 15 is 0 Å². The Hall–Kier alpha value is -0.880. The summed E-state index contributed by atoms with van der Waals surface area (Å²) in [5.74, 6) is 0.304. The van der Waals surface area contributed by atoms with Crippen LogP contribution in [0, 0.1) is 6.92 Å². The topological polar surface area (TPSA) is 32.6 Å². The van der Waals surface area contributed by atoms with E-state index in [1.54, 1.807) is 6.21 Å². The summed E-state index contributed by atoms with van der Waals surface area (Å²) in [6.07, 6.45) is 1.60. The van der Waals surface area contributed by atoms with Crippen molar-refractivity contribution in [2.45, 2.75) is 6.92 Å². The number of phenols is 1. The molecule has 0 spiro atoms. The fourth-order valence-electron chi connectivity index (χ4n) is 0.866. The molecular formula is C8H10NOP. The smallest absolute Gasteiger partial charge is 0.127 e. The fourth-order valence-corrected chi connectivity index (χ4v) is 1.03. The molecule has 0 aromatic heterocycles. The zero-order valence-corrected chi connectivity index (χ0v) is 7.44. The van der Waals surface area contributed by atoms with Crippen LogP contribution in [0.2, 0.25) is 0 Å². The van der Waals surface area contributed by atoms with Crippen molar-refractivity contribution in [3.05, 3.63) is 29.3 Å². The van der Waals surface area contributed by atoms with Gasteiger partial charge in [-0.2, -0.15) is 0 Å². The van der Waals surface area contributed by atoms with E-state index in [0.717, 1.165) is 11.1 Å². The first-order valence-corrected chi connectivity index (χ1v) is 3.79. The molecule has 3 heteroatoms. The van der Waals surface area contributed by atoms with Crippen molar-refractivity contribution in [3.63, 3.8) is 0 Å². The van der Waals surface area contributed by atoms with Crippen LogP contribution in [0.3, 0.4) is 0 Å². The van der Waals surface area contributed by atoms with E-state index in [1.807, 2.05) is 25.1 Å². The van der Waals surface area contributed by atoms with Crippen molar-refractivity contribution in [2.75, 3.05) is 0 Å². The molecule has 0 heterocycles. The molecule has 11 heavy (non-hydrogen) atoms. The third-order valence-electron chi connectivity index (χ3n) is 1.48. The van der Waals surface area contributed by atoms with E-state index in [0.29, 0.717) is 5.75 Å². The van der Waals surface area contributed by atoms with Gasteiger partial charge in [0.1, 0.15) is 5.75 Å². The molecular weight excluding hydrogens is 157 g/mol. The minimum Gasteiger partial charge on any atom is -0.507 e. The van der Waals surface area contributed by atoms with Gasteiger partial charge in [0.15, 0.2) is 0 Å². The predicted octanol–water partition coefficient (Wildman–Crippen LogP) is 1.91. The lowest BCUT2D eigenvalue weighted by Crippen LogP contribution is -1.83. The van der Waals surface area contributed by atoms with Gasteiger partial charge in [-0.25, -0.2) is 0 Å². The van der Waals surface area contributed by atoms with Gasteiger partial charge in [-0.15, -0.1) is 0 Å². The van der Waals surface area contributed by atoms with Crippen LogP contribution in [0.1, 0.15) is 11.1 Å². The number of nitrogens with zero attached hydrogens (tertiary/aromatic N) is 1. The van der Waals surface area contributed by atoms with E-state index in [2.05, 4.69) is 14.2 Å². The highest BCUT2D eigenvalue weighted by Gasteiger charge is 1.98. The van der Waals surface area contributed by atoms with Crippen molar-refractivity contribution in [1.29, 1.82) is 0 Å². The fraction of sp³-hybridized carbons (Fsp3) is 0.125. The number of para-hydroxylation sites is 1. The van der Waals surface area contributed by atoms with Gasteiger partial charge >= 0.3 is 0 Å². The number of aromatic hydroxyl groups is 1. The molecule has 1 aromatic carbocycles. The van der Waals surface area contributed by atoms with Gasteiger partial charge in [-0.1, -0.05) is 12.1 Å². The Morgan fingerprint density at radius 2 is 2.27 bits per heavy atom. The Balaban J connectivity index is 3.16. The van der Waals surface area contributed by atoms with Crippen LogP contribution in [0.4, 0.5) is 0 Å². The zero-order chi connectivity index (χ0) is 8.27. The summed E-state index contributed by atoms with van der Waals surface area (Å²) in [4.78, 5) is 0. The van der Waals surface area contributed by atoms with Crippen molar-refractivity contribution in [1.82, 2.24) is 0 Å². The third kappa shape index (κ3) is 1.78. The van der Waals surface area contributed by atoms with Crippen LogP contribution in [-0.4, -0.2) is 11.3 Å². The SMILES string of the molecule is Cc1cccc(/C=N/P)c1O. The Labute approximate surface area is 68.2 Å². The van der Waals surface area contributed by atoms with Crippen LogP contribution in [0.25, 0.3) is 0 Å². The monoisotopic (exact) mass is 167 g/mol. The van der Waals surface area contributed by atoms with Gasteiger partial charge in [0.25, 0.3) is 0 Å². The second kappa shape index (κ2) is 3.49. The summed E-state index contributed by atoms with van der Waals surface area (Å²) in [6, 6.07) is 5.56. The molecule has 0 aliphatic rings. The second-order valence-electron chi connectivity index (χ2n) is 2.29. The maximum atomic E-state index is 9.43. The second-order valence-corrected chi connectivity index (χ2v) is 2.59. The van der Waals surface area contributed by atoms with Crippen molar-refractivity contribution in [2.24, 2.45) is 4.76 Å². The summed E-state index contributed by atoms with van der Waals surface area (Å²) < 4.78 is 3.74. The largest absolute Gasteiger partial charge is 0.507 e. The van der Waals surface area contributed by atoms with Gasteiger partial charge in [0.05, 0.1) is 0 Å². The van der Waals surface area contributed by atoms with Crippen molar-refractivity contribution >= 4 is 15.6 Å². The van der Waals surface area contributed by atoms with Crippen LogP contribution < -0.4 is 0 Å². The highest BCUT2D eigenvalue weighted by Crippen LogP contribution is 2.19. The first-order valence-electron chi connectivity index (χ1n) is 3.27. The average molecular weight is 167 g/mol. The summed E-state index contributed by atoms with van der Waals surface area (Å²) in [5, 5.41) is 9.43. The van der Waals surface area contributed by atoms with E-state index < -0.39 is 0 Å². The first kappa shape index (κ1) is 8.22. The number of aryl methyl sites for hydroxylation is 1. The van der Waals surface area contributed by atoms with Gasteiger partial charge < -0.3 is 5.11 Å². The molecule has 1 atom stereocenters. The molecule has 0 aliphatic heterocycles. The maximum absolute atomic E-state index is 9.43. The van der Waals surface area contributed by atoms with Gasteiger partial charge in [0, 0.05) is 11.8 Å². The molecule has 1 rings (SSSR count). The lowest BCUT2D eigenvalue weighted by atomic mass is 10.1. The van der Waals surface area contributed by atoms with E-state index in [9.17, 15) is 5.11 Å².